The van der Waals surface area contributed by atoms with Gasteiger partial charge in [-0.05, 0) is 6.92 Å². The van der Waals surface area contributed by atoms with Crippen LogP contribution < -0.4 is 0 Å². The largest absolute Gasteiger partial charge is 0.463 e. The molecule has 1 atom stereocenters. The summed E-state index contributed by atoms with van der Waals surface area (Å²) in [5.41, 5.74) is 0.206. The lowest BCUT2D eigenvalue weighted by Crippen LogP contribution is -2.23. The molecule has 0 aromatic carbocycles. The van der Waals surface area contributed by atoms with Crippen LogP contribution in [0.15, 0.2) is 12.2 Å². The van der Waals surface area contributed by atoms with Gasteiger partial charge in [0.05, 0.1) is 18.8 Å². The van der Waals surface area contributed by atoms with E-state index in [0.29, 0.717) is 19.4 Å². The molecule has 0 spiro atoms. The van der Waals surface area contributed by atoms with E-state index in [1.165, 1.54) is 0 Å². The number of carbonyl (C=O) groups is 2. The van der Waals surface area contributed by atoms with Crippen molar-refractivity contribution < 1.29 is 23.8 Å². The highest BCUT2D eigenvalue weighted by molar-refractivity contribution is 5.87. The van der Waals surface area contributed by atoms with Crippen molar-refractivity contribution in [3.8, 4) is 0 Å². The molecule has 0 saturated carbocycles. The van der Waals surface area contributed by atoms with Gasteiger partial charge in [-0.1, -0.05) is 20.4 Å². The van der Waals surface area contributed by atoms with Gasteiger partial charge in [0.15, 0.2) is 0 Å². The summed E-state index contributed by atoms with van der Waals surface area (Å²) in [5.74, 6) is -0.831. The second kappa shape index (κ2) is 8.75. The minimum absolute atomic E-state index is 0.00562. The van der Waals surface area contributed by atoms with Crippen molar-refractivity contribution >= 4 is 11.9 Å². The molecule has 0 rings (SSSR count). The first-order valence-corrected chi connectivity index (χ1v) is 5.71. The van der Waals surface area contributed by atoms with Gasteiger partial charge in [0.25, 0.3) is 0 Å². The highest BCUT2D eigenvalue weighted by Gasteiger charge is 2.14. The van der Waals surface area contributed by atoms with Crippen LogP contribution in [0.1, 0.15) is 33.6 Å². The van der Waals surface area contributed by atoms with Gasteiger partial charge < -0.3 is 14.2 Å². The highest BCUT2D eigenvalue weighted by atomic mass is 16.7. The molecule has 1 unspecified atom stereocenters. The van der Waals surface area contributed by atoms with E-state index in [4.69, 9.17) is 14.2 Å². The average Bonchev–Trinajstić information content (AvgIpc) is 2.33. The average molecular weight is 244 g/mol. The first-order valence-electron chi connectivity index (χ1n) is 5.71. The summed E-state index contributed by atoms with van der Waals surface area (Å²) in [5, 5.41) is 0. The van der Waals surface area contributed by atoms with E-state index < -0.39 is 12.3 Å². The Morgan fingerprint density at radius 3 is 2.35 bits per heavy atom. The Morgan fingerprint density at radius 2 is 1.88 bits per heavy atom. The lowest BCUT2D eigenvalue weighted by atomic mass is 10.3. The standard InChI is InChI=1S/C12H20O5/c1-5-10(13)17-11(6-2)16-8-9(4)12(14)15-7-3/h11H,4-8H2,1-3H3. The maximum absolute atomic E-state index is 11.2. The van der Waals surface area contributed by atoms with Crippen molar-refractivity contribution in [2.45, 2.75) is 39.9 Å². The molecular formula is C12H20O5. The van der Waals surface area contributed by atoms with Crippen LogP contribution >= 0.6 is 0 Å². The van der Waals surface area contributed by atoms with Crippen LogP contribution in [0.3, 0.4) is 0 Å². The van der Waals surface area contributed by atoms with E-state index >= 15 is 0 Å². The third-order valence-electron chi connectivity index (χ3n) is 1.89. The van der Waals surface area contributed by atoms with Gasteiger partial charge in [-0.3, -0.25) is 4.79 Å². The molecule has 0 aromatic heterocycles. The summed E-state index contributed by atoms with van der Waals surface area (Å²) in [7, 11) is 0. The van der Waals surface area contributed by atoms with Crippen LogP contribution in [0, 0.1) is 0 Å². The van der Waals surface area contributed by atoms with Crippen LogP contribution in [0.4, 0.5) is 0 Å². The fourth-order valence-electron chi connectivity index (χ4n) is 0.951. The highest BCUT2D eigenvalue weighted by Crippen LogP contribution is 2.05. The smallest absolute Gasteiger partial charge is 0.335 e. The van der Waals surface area contributed by atoms with E-state index in [1.54, 1.807) is 13.8 Å². The molecule has 0 amide bonds. The molecule has 17 heavy (non-hydrogen) atoms. The second-order valence-electron chi connectivity index (χ2n) is 3.32. The fraction of sp³-hybridized carbons (Fsp3) is 0.667. The molecule has 0 saturated heterocycles. The normalized spacial score (nSPS) is 11.7. The Kier molecular flexibility index (Phi) is 8.05. The van der Waals surface area contributed by atoms with Gasteiger partial charge >= 0.3 is 11.9 Å². The molecule has 0 N–H and O–H groups in total. The van der Waals surface area contributed by atoms with Crippen LogP contribution in [-0.4, -0.2) is 31.4 Å². The van der Waals surface area contributed by atoms with Crippen LogP contribution in [-0.2, 0) is 23.8 Å². The molecule has 0 fully saturated rings. The predicted octanol–water partition coefficient (Wildman–Crippen LogP) is 1.81. The van der Waals surface area contributed by atoms with Crippen molar-refractivity contribution in [1.29, 1.82) is 0 Å². The molecule has 5 heteroatoms. The van der Waals surface area contributed by atoms with Crippen molar-refractivity contribution in [3.63, 3.8) is 0 Å². The fourth-order valence-corrected chi connectivity index (χ4v) is 0.951. The molecule has 0 aliphatic carbocycles. The Bertz CT molecular complexity index is 272. The zero-order valence-electron chi connectivity index (χ0n) is 10.7. The number of ether oxygens (including phenoxy) is 3. The Labute approximate surface area is 102 Å². The molecule has 0 heterocycles. The lowest BCUT2D eigenvalue weighted by Gasteiger charge is -2.16. The monoisotopic (exact) mass is 244 g/mol. The van der Waals surface area contributed by atoms with Gasteiger partial charge in [0.1, 0.15) is 0 Å². The van der Waals surface area contributed by atoms with E-state index in [2.05, 4.69) is 6.58 Å². The number of hydrogen-bond donors (Lipinski definition) is 0. The molecule has 98 valence electrons. The summed E-state index contributed by atoms with van der Waals surface area (Å²) in [6.45, 7) is 9.06. The molecule has 5 nitrogen and oxygen atoms in total. The summed E-state index contributed by atoms with van der Waals surface area (Å²) >= 11 is 0. The Balaban J connectivity index is 4.01. The van der Waals surface area contributed by atoms with Gasteiger partial charge in [0, 0.05) is 12.8 Å². The van der Waals surface area contributed by atoms with E-state index in [0.717, 1.165) is 0 Å². The molecule has 0 aromatic rings. The van der Waals surface area contributed by atoms with Crippen molar-refractivity contribution in [1.82, 2.24) is 0 Å². The SMILES string of the molecule is C=C(COC(CC)OC(=O)CC)C(=O)OCC. The lowest BCUT2D eigenvalue weighted by molar-refractivity contribution is -0.177. The molecule has 0 aliphatic rings. The summed E-state index contributed by atoms with van der Waals surface area (Å²) < 4.78 is 15.0. The van der Waals surface area contributed by atoms with E-state index in [9.17, 15) is 9.59 Å². The van der Waals surface area contributed by atoms with Gasteiger partial charge in [-0.2, -0.15) is 0 Å². The quantitative estimate of drug-likeness (QED) is 0.370. The number of esters is 2. The molecular weight excluding hydrogens is 224 g/mol. The van der Waals surface area contributed by atoms with Crippen LogP contribution in [0.25, 0.3) is 0 Å². The van der Waals surface area contributed by atoms with Gasteiger partial charge in [-0.15, -0.1) is 0 Å². The van der Waals surface area contributed by atoms with Crippen LogP contribution in [0.5, 0.6) is 0 Å². The minimum Gasteiger partial charge on any atom is -0.463 e. The number of hydrogen-bond acceptors (Lipinski definition) is 5. The zero-order chi connectivity index (χ0) is 13.3. The molecule has 0 bridgehead atoms. The van der Waals surface area contributed by atoms with E-state index in [-0.39, 0.29) is 18.1 Å². The Morgan fingerprint density at radius 1 is 1.24 bits per heavy atom. The van der Waals surface area contributed by atoms with Crippen molar-refractivity contribution in [3.05, 3.63) is 12.2 Å². The third-order valence-corrected chi connectivity index (χ3v) is 1.89. The predicted molar refractivity (Wildman–Crippen MR) is 62.2 cm³/mol. The topological polar surface area (TPSA) is 61.8 Å². The zero-order valence-corrected chi connectivity index (χ0v) is 10.7. The van der Waals surface area contributed by atoms with Crippen LogP contribution in [0.2, 0.25) is 0 Å². The maximum Gasteiger partial charge on any atom is 0.335 e. The maximum atomic E-state index is 11.2. The molecule has 0 radical (unpaired) electrons. The van der Waals surface area contributed by atoms with Crippen molar-refractivity contribution in [2.75, 3.05) is 13.2 Å². The van der Waals surface area contributed by atoms with Gasteiger partial charge in [-0.25, -0.2) is 4.79 Å². The minimum atomic E-state index is -0.645. The van der Waals surface area contributed by atoms with E-state index in [1.807, 2.05) is 6.92 Å². The molecule has 0 aliphatic heterocycles. The number of carbonyl (C=O) groups excluding carboxylic acids is 2. The first-order chi connectivity index (χ1) is 8.04. The van der Waals surface area contributed by atoms with Gasteiger partial charge in [0.2, 0.25) is 6.29 Å². The summed E-state index contributed by atoms with van der Waals surface area (Å²) in [6, 6.07) is 0. The summed E-state index contributed by atoms with van der Waals surface area (Å²) in [4.78, 5) is 22.3. The summed E-state index contributed by atoms with van der Waals surface area (Å²) in [6.07, 6.45) is 0.161. The second-order valence-corrected chi connectivity index (χ2v) is 3.32. The first kappa shape index (κ1) is 15.6. The third kappa shape index (κ3) is 6.73. The number of rotatable bonds is 8. The van der Waals surface area contributed by atoms with Crippen molar-refractivity contribution in [2.24, 2.45) is 0 Å². The Hall–Kier alpha value is -1.36.